The average Bonchev–Trinajstić information content (AvgIpc) is 3.07. The number of nitrogens with one attached hydrogen (secondary N) is 2. The highest BCUT2D eigenvalue weighted by Crippen LogP contribution is 2.23. The Morgan fingerprint density at radius 1 is 1.08 bits per heavy atom. The van der Waals surface area contributed by atoms with Gasteiger partial charge >= 0.3 is 6.03 Å². The van der Waals surface area contributed by atoms with E-state index in [4.69, 9.17) is 0 Å². The number of thiazole rings is 1. The minimum Gasteiger partial charge on any atom is -0.337 e. The van der Waals surface area contributed by atoms with Crippen molar-refractivity contribution in [2.24, 2.45) is 0 Å². The van der Waals surface area contributed by atoms with E-state index in [9.17, 15) is 4.79 Å². The first-order valence-electron chi connectivity index (χ1n) is 7.82. The number of amides is 2. The summed E-state index contributed by atoms with van der Waals surface area (Å²) in [6.45, 7) is 2.57. The third-order valence-electron chi connectivity index (χ3n) is 3.55. The molecule has 2 aromatic carbocycles. The Labute approximate surface area is 145 Å². The van der Waals surface area contributed by atoms with E-state index in [2.05, 4.69) is 27.8 Å². The first-order valence-corrected chi connectivity index (χ1v) is 8.70. The predicted molar refractivity (Wildman–Crippen MR) is 99.5 cm³/mol. The van der Waals surface area contributed by atoms with E-state index < -0.39 is 0 Å². The van der Waals surface area contributed by atoms with E-state index in [1.807, 2.05) is 54.8 Å². The Morgan fingerprint density at radius 2 is 1.83 bits per heavy atom. The summed E-state index contributed by atoms with van der Waals surface area (Å²) in [6, 6.07) is 17.6. The summed E-state index contributed by atoms with van der Waals surface area (Å²) >= 11 is 1.63. The molecule has 1 heterocycles. The second-order valence-corrected chi connectivity index (χ2v) is 6.37. The minimum atomic E-state index is -0.197. The Morgan fingerprint density at radius 3 is 2.58 bits per heavy atom. The topological polar surface area (TPSA) is 54.0 Å². The van der Waals surface area contributed by atoms with Crippen LogP contribution in [0.4, 0.5) is 10.5 Å². The van der Waals surface area contributed by atoms with Gasteiger partial charge in [-0.3, -0.25) is 0 Å². The number of benzene rings is 2. The van der Waals surface area contributed by atoms with Gasteiger partial charge in [-0.2, -0.15) is 0 Å². The number of urea groups is 1. The van der Waals surface area contributed by atoms with Gasteiger partial charge in [-0.15, -0.1) is 11.3 Å². The molecule has 122 valence electrons. The van der Waals surface area contributed by atoms with Gasteiger partial charge in [0.05, 0.1) is 5.69 Å². The number of hydrogen-bond acceptors (Lipinski definition) is 3. The van der Waals surface area contributed by atoms with Crippen LogP contribution in [0.2, 0.25) is 0 Å². The summed E-state index contributed by atoms with van der Waals surface area (Å²) < 4.78 is 0. The normalized spacial score (nSPS) is 10.4. The number of rotatable bonds is 5. The van der Waals surface area contributed by atoms with Gasteiger partial charge < -0.3 is 10.6 Å². The van der Waals surface area contributed by atoms with Crippen molar-refractivity contribution < 1.29 is 4.79 Å². The van der Waals surface area contributed by atoms with E-state index in [0.29, 0.717) is 13.0 Å². The third kappa shape index (κ3) is 4.43. The van der Waals surface area contributed by atoms with Crippen LogP contribution in [0, 0.1) is 6.92 Å². The minimum absolute atomic E-state index is 0.197. The molecule has 0 unspecified atom stereocenters. The van der Waals surface area contributed by atoms with E-state index in [1.54, 1.807) is 11.3 Å². The molecule has 0 saturated carbocycles. The molecule has 0 aliphatic heterocycles. The molecule has 0 aliphatic carbocycles. The number of nitrogens with zero attached hydrogens (tertiary/aromatic N) is 1. The highest BCUT2D eigenvalue weighted by molar-refractivity contribution is 7.13. The zero-order chi connectivity index (χ0) is 16.8. The van der Waals surface area contributed by atoms with Crippen molar-refractivity contribution in [1.29, 1.82) is 0 Å². The van der Waals surface area contributed by atoms with Crippen molar-refractivity contribution in [1.82, 2.24) is 10.3 Å². The largest absolute Gasteiger partial charge is 0.337 e. The molecule has 0 fully saturated rings. The highest BCUT2D eigenvalue weighted by atomic mass is 32.1. The molecular formula is C19H19N3OS. The van der Waals surface area contributed by atoms with Gasteiger partial charge in [-0.1, -0.05) is 48.0 Å². The molecule has 0 saturated heterocycles. The Kier molecular flexibility index (Phi) is 5.23. The van der Waals surface area contributed by atoms with Crippen molar-refractivity contribution in [3.05, 3.63) is 71.2 Å². The van der Waals surface area contributed by atoms with Gasteiger partial charge in [0.25, 0.3) is 0 Å². The zero-order valence-electron chi connectivity index (χ0n) is 13.5. The first kappa shape index (κ1) is 16.2. The SMILES string of the molecule is Cc1ccc(NC(=O)NCCc2csc(-c3ccccc3)n2)cc1. The van der Waals surface area contributed by atoms with Crippen LogP contribution in [0.25, 0.3) is 10.6 Å². The molecule has 4 nitrogen and oxygen atoms in total. The van der Waals surface area contributed by atoms with Crippen LogP contribution >= 0.6 is 11.3 Å². The molecule has 3 rings (SSSR count). The molecular weight excluding hydrogens is 318 g/mol. The van der Waals surface area contributed by atoms with E-state index in [-0.39, 0.29) is 6.03 Å². The van der Waals surface area contributed by atoms with Crippen LogP contribution in [0.3, 0.4) is 0 Å². The summed E-state index contributed by atoms with van der Waals surface area (Å²) in [5.74, 6) is 0. The van der Waals surface area contributed by atoms with E-state index in [0.717, 1.165) is 22.0 Å². The van der Waals surface area contributed by atoms with Crippen molar-refractivity contribution in [2.75, 3.05) is 11.9 Å². The van der Waals surface area contributed by atoms with Gasteiger partial charge in [0.15, 0.2) is 0 Å². The van der Waals surface area contributed by atoms with Gasteiger partial charge in [0.1, 0.15) is 5.01 Å². The lowest BCUT2D eigenvalue weighted by Gasteiger charge is -2.07. The number of aryl methyl sites for hydroxylation is 1. The lowest BCUT2D eigenvalue weighted by atomic mass is 10.2. The van der Waals surface area contributed by atoms with Crippen LogP contribution in [-0.4, -0.2) is 17.6 Å². The predicted octanol–water partition coefficient (Wildman–Crippen LogP) is 4.48. The monoisotopic (exact) mass is 337 g/mol. The maximum Gasteiger partial charge on any atom is 0.319 e. The number of hydrogen-bond donors (Lipinski definition) is 2. The van der Waals surface area contributed by atoms with Gasteiger partial charge in [0.2, 0.25) is 0 Å². The average molecular weight is 337 g/mol. The zero-order valence-corrected chi connectivity index (χ0v) is 14.3. The van der Waals surface area contributed by atoms with Gasteiger partial charge in [0, 0.05) is 29.6 Å². The second kappa shape index (κ2) is 7.75. The van der Waals surface area contributed by atoms with Crippen molar-refractivity contribution in [3.8, 4) is 10.6 Å². The van der Waals surface area contributed by atoms with Gasteiger partial charge in [-0.05, 0) is 19.1 Å². The van der Waals surface area contributed by atoms with Crippen molar-refractivity contribution in [2.45, 2.75) is 13.3 Å². The highest BCUT2D eigenvalue weighted by Gasteiger charge is 2.05. The van der Waals surface area contributed by atoms with Crippen molar-refractivity contribution in [3.63, 3.8) is 0 Å². The smallest absolute Gasteiger partial charge is 0.319 e. The summed E-state index contributed by atoms with van der Waals surface area (Å²) in [7, 11) is 0. The molecule has 0 atom stereocenters. The van der Waals surface area contributed by atoms with Gasteiger partial charge in [-0.25, -0.2) is 9.78 Å². The van der Waals surface area contributed by atoms with Crippen LogP contribution in [-0.2, 0) is 6.42 Å². The summed E-state index contributed by atoms with van der Waals surface area (Å²) in [5.41, 5.74) is 4.07. The third-order valence-corrected chi connectivity index (χ3v) is 4.49. The molecule has 2 N–H and O–H groups in total. The van der Waals surface area contributed by atoms with E-state index >= 15 is 0 Å². The maximum atomic E-state index is 11.9. The molecule has 1 aromatic heterocycles. The molecule has 2 amide bonds. The van der Waals surface area contributed by atoms with Crippen molar-refractivity contribution >= 4 is 23.1 Å². The Bertz CT molecular complexity index is 797. The fraction of sp³-hybridized carbons (Fsp3) is 0.158. The fourth-order valence-corrected chi connectivity index (χ4v) is 3.11. The number of anilines is 1. The number of carbonyl (C=O) groups excluding carboxylic acids is 1. The summed E-state index contributed by atoms with van der Waals surface area (Å²) in [6.07, 6.45) is 0.713. The molecule has 0 radical (unpaired) electrons. The summed E-state index contributed by atoms with van der Waals surface area (Å²) in [4.78, 5) is 16.5. The molecule has 24 heavy (non-hydrogen) atoms. The lowest BCUT2D eigenvalue weighted by Crippen LogP contribution is -2.30. The number of aromatic nitrogens is 1. The summed E-state index contributed by atoms with van der Waals surface area (Å²) in [5, 5.41) is 8.73. The van der Waals surface area contributed by atoms with Crippen LogP contribution in [0.1, 0.15) is 11.3 Å². The second-order valence-electron chi connectivity index (χ2n) is 5.51. The Hall–Kier alpha value is -2.66. The quantitative estimate of drug-likeness (QED) is 0.721. The standard InChI is InChI=1S/C19H19N3OS/c1-14-7-9-16(10-8-14)22-19(23)20-12-11-17-13-24-18(21-17)15-5-3-2-4-6-15/h2-10,13H,11-12H2,1H3,(H2,20,22,23). The molecule has 0 aliphatic rings. The lowest BCUT2D eigenvalue weighted by molar-refractivity contribution is 0.252. The van der Waals surface area contributed by atoms with Crippen LogP contribution in [0.15, 0.2) is 60.0 Å². The molecule has 0 spiro atoms. The van der Waals surface area contributed by atoms with Crippen LogP contribution in [0.5, 0.6) is 0 Å². The molecule has 3 aromatic rings. The van der Waals surface area contributed by atoms with E-state index in [1.165, 1.54) is 5.56 Å². The number of carbonyl (C=O) groups is 1. The van der Waals surface area contributed by atoms with Crippen LogP contribution < -0.4 is 10.6 Å². The Balaban J connectivity index is 1.47. The fourth-order valence-electron chi connectivity index (χ4n) is 2.25. The first-order chi connectivity index (χ1) is 11.7. The molecule has 0 bridgehead atoms. The maximum absolute atomic E-state index is 11.9. The molecule has 5 heteroatoms.